The first kappa shape index (κ1) is 13.5. The fraction of sp³-hybridized carbons (Fsp3) is 0.417. The standard InChI is InChI=1S/C12H16O5/c1-14-11-6-9(7-13)4-5-10(11)17-8-12(15-2)16-3/h4-7,12H,8H2,1-3H3. The second-order valence-electron chi connectivity index (χ2n) is 3.24. The van der Waals surface area contributed by atoms with Crippen molar-refractivity contribution in [3.63, 3.8) is 0 Å². The van der Waals surface area contributed by atoms with Crippen LogP contribution in [0.2, 0.25) is 0 Å². The van der Waals surface area contributed by atoms with E-state index in [-0.39, 0.29) is 6.61 Å². The minimum Gasteiger partial charge on any atom is -0.493 e. The van der Waals surface area contributed by atoms with Crippen LogP contribution < -0.4 is 9.47 Å². The molecule has 5 nitrogen and oxygen atoms in total. The second kappa shape index (κ2) is 6.88. The molecule has 0 radical (unpaired) electrons. The Balaban J connectivity index is 2.73. The van der Waals surface area contributed by atoms with Crippen LogP contribution in [0.1, 0.15) is 10.4 Å². The van der Waals surface area contributed by atoms with Gasteiger partial charge in [0.1, 0.15) is 12.9 Å². The van der Waals surface area contributed by atoms with E-state index < -0.39 is 6.29 Å². The van der Waals surface area contributed by atoms with Gasteiger partial charge in [0.2, 0.25) is 0 Å². The number of carbonyl (C=O) groups excluding carboxylic acids is 1. The smallest absolute Gasteiger partial charge is 0.191 e. The lowest BCUT2D eigenvalue weighted by Gasteiger charge is -2.16. The van der Waals surface area contributed by atoms with Crippen LogP contribution in [0.25, 0.3) is 0 Å². The third-order valence-electron chi connectivity index (χ3n) is 2.22. The Morgan fingerprint density at radius 2 is 1.88 bits per heavy atom. The number of ether oxygens (including phenoxy) is 4. The zero-order valence-electron chi connectivity index (χ0n) is 10.1. The molecule has 0 amide bonds. The molecule has 0 N–H and O–H groups in total. The first-order valence-corrected chi connectivity index (χ1v) is 5.06. The Labute approximate surface area is 100 Å². The summed E-state index contributed by atoms with van der Waals surface area (Å²) >= 11 is 0. The first-order chi connectivity index (χ1) is 8.24. The molecular formula is C12H16O5. The Bertz CT molecular complexity index is 360. The van der Waals surface area contributed by atoms with Gasteiger partial charge in [-0.2, -0.15) is 0 Å². The highest BCUT2D eigenvalue weighted by Crippen LogP contribution is 2.27. The van der Waals surface area contributed by atoms with Crippen LogP contribution >= 0.6 is 0 Å². The monoisotopic (exact) mass is 240 g/mol. The van der Waals surface area contributed by atoms with Crippen molar-refractivity contribution in [3.05, 3.63) is 23.8 Å². The summed E-state index contributed by atoms with van der Waals surface area (Å²) in [7, 11) is 4.58. The molecule has 0 spiro atoms. The zero-order chi connectivity index (χ0) is 12.7. The number of hydrogen-bond acceptors (Lipinski definition) is 5. The van der Waals surface area contributed by atoms with Crippen molar-refractivity contribution in [3.8, 4) is 11.5 Å². The van der Waals surface area contributed by atoms with Gasteiger partial charge in [0.05, 0.1) is 7.11 Å². The molecule has 5 heteroatoms. The summed E-state index contributed by atoms with van der Waals surface area (Å²) < 4.78 is 20.6. The molecule has 0 aliphatic carbocycles. The molecule has 0 fully saturated rings. The number of rotatable bonds is 7. The molecule has 1 rings (SSSR count). The summed E-state index contributed by atoms with van der Waals surface area (Å²) in [6, 6.07) is 4.93. The predicted octanol–water partition coefficient (Wildman–Crippen LogP) is 1.51. The van der Waals surface area contributed by atoms with E-state index >= 15 is 0 Å². The minimum absolute atomic E-state index is 0.240. The Kier molecular flexibility index (Phi) is 5.45. The van der Waals surface area contributed by atoms with Crippen LogP contribution in [0, 0.1) is 0 Å². The van der Waals surface area contributed by atoms with Crippen molar-refractivity contribution in [2.45, 2.75) is 6.29 Å². The summed E-state index contributed by atoms with van der Waals surface area (Å²) in [5, 5.41) is 0. The maximum atomic E-state index is 10.6. The van der Waals surface area contributed by atoms with Gasteiger partial charge in [0, 0.05) is 19.8 Å². The van der Waals surface area contributed by atoms with Gasteiger partial charge in [-0.15, -0.1) is 0 Å². The molecular weight excluding hydrogens is 224 g/mol. The van der Waals surface area contributed by atoms with Crippen molar-refractivity contribution < 1.29 is 23.7 Å². The van der Waals surface area contributed by atoms with Gasteiger partial charge >= 0.3 is 0 Å². The Morgan fingerprint density at radius 1 is 1.18 bits per heavy atom. The van der Waals surface area contributed by atoms with E-state index in [0.717, 1.165) is 6.29 Å². The molecule has 0 atom stereocenters. The predicted molar refractivity (Wildman–Crippen MR) is 61.7 cm³/mol. The molecule has 0 aromatic heterocycles. The Hall–Kier alpha value is -1.59. The van der Waals surface area contributed by atoms with Crippen LogP contribution in [0.3, 0.4) is 0 Å². The molecule has 0 bridgehead atoms. The van der Waals surface area contributed by atoms with Gasteiger partial charge in [0.25, 0.3) is 0 Å². The largest absolute Gasteiger partial charge is 0.493 e. The van der Waals surface area contributed by atoms with E-state index in [2.05, 4.69) is 0 Å². The van der Waals surface area contributed by atoms with Gasteiger partial charge in [0.15, 0.2) is 17.8 Å². The molecule has 0 saturated carbocycles. The van der Waals surface area contributed by atoms with E-state index in [4.69, 9.17) is 18.9 Å². The number of benzene rings is 1. The topological polar surface area (TPSA) is 54.0 Å². The number of methoxy groups -OCH3 is 3. The van der Waals surface area contributed by atoms with E-state index in [0.29, 0.717) is 17.1 Å². The summed E-state index contributed by atoms with van der Waals surface area (Å²) in [5.74, 6) is 1.04. The molecule has 0 saturated heterocycles. The Morgan fingerprint density at radius 3 is 2.41 bits per heavy atom. The fourth-order valence-corrected chi connectivity index (χ4v) is 1.27. The molecule has 1 aromatic rings. The summed E-state index contributed by atoms with van der Waals surface area (Å²) in [4.78, 5) is 10.6. The summed E-state index contributed by atoms with van der Waals surface area (Å²) in [6.45, 7) is 0.240. The SMILES string of the molecule is COc1cc(C=O)ccc1OCC(OC)OC. The maximum Gasteiger partial charge on any atom is 0.191 e. The van der Waals surface area contributed by atoms with Gasteiger partial charge < -0.3 is 18.9 Å². The van der Waals surface area contributed by atoms with Crippen LogP contribution in [0.15, 0.2) is 18.2 Å². The quantitative estimate of drug-likeness (QED) is 0.534. The third kappa shape index (κ3) is 3.72. The molecule has 0 aliphatic heterocycles. The number of carbonyl (C=O) groups is 1. The van der Waals surface area contributed by atoms with Crippen LogP contribution in [-0.4, -0.2) is 40.5 Å². The van der Waals surface area contributed by atoms with Crippen molar-refractivity contribution >= 4 is 6.29 Å². The average molecular weight is 240 g/mol. The average Bonchev–Trinajstić information content (AvgIpc) is 2.39. The van der Waals surface area contributed by atoms with Crippen LogP contribution in [0.5, 0.6) is 11.5 Å². The lowest BCUT2D eigenvalue weighted by atomic mass is 10.2. The highest BCUT2D eigenvalue weighted by Gasteiger charge is 2.10. The number of aldehydes is 1. The second-order valence-corrected chi connectivity index (χ2v) is 3.24. The van der Waals surface area contributed by atoms with E-state index in [1.54, 1.807) is 18.2 Å². The molecule has 94 valence electrons. The summed E-state index contributed by atoms with van der Waals surface area (Å²) in [5.41, 5.74) is 0.532. The van der Waals surface area contributed by atoms with E-state index in [1.165, 1.54) is 21.3 Å². The number of hydrogen-bond donors (Lipinski definition) is 0. The van der Waals surface area contributed by atoms with E-state index in [1.807, 2.05) is 0 Å². The van der Waals surface area contributed by atoms with E-state index in [9.17, 15) is 4.79 Å². The van der Waals surface area contributed by atoms with Gasteiger partial charge in [-0.3, -0.25) is 4.79 Å². The van der Waals surface area contributed by atoms with Crippen molar-refractivity contribution in [1.29, 1.82) is 0 Å². The minimum atomic E-state index is -0.439. The normalized spacial score (nSPS) is 10.4. The molecule has 1 aromatic carbocycles. The van der Waals surface area contributed by atoms with Crippen molar-refractivity contribution in [1.82, 2.24) is 0 Å². The lowest BCUT2D eigenvalue weighted by molar-refractivity contribution is -0.122. The van der Waals surface area contributed by atoms with Gasteiger partial charge in [-0.25, -0.2) is 0 Å². The fourth-order valence-electron chi connectivity index (χ4n) is 1.27. The summed E-state index contributed by atoms with van der Waals surface area (Å²) in [6.07, 6.45) is 0.310. The van der Waals surface area contributed by atoms with Crippen molar-refractivity contribution in [2.24, 2.45) is 0 Å². The van der Waals surface area contributed by atoms with Crippen LogP contribution in [-0.2, 0) is 9.47 Å². The van der Waals surface area contributed by atoms with Gasteiger partial charge in [-0.1, -0.05) is 0 Å². The highest BCUT2D eigenvalue weighted by molar-refractivity contribution is 5.76. The molecule has 0 unspecified atom stereocenters. The lowest BCUT2D eigenvalue weighted by Crippen LogP contribution is -2.22. The zero-order valence-corrected chi connectivity index (χ0v) is 10.1. The molecule has 17 heavy (non-hydrogen) atoms. The third-order valence-corrected chi connectivity index (χ3v) is 2.22. The molecule has 0 heterocycles. The van der Waals surface area contributed by atoms with Crippen LogP contribution in [0.4, 0.5) is 0 Å². The highest BCUT2D eigenvalue weighted by atomic mass is 16.7. The first-order valence-electron chi connectivity index (χ1n) is 5.06. The van der Waals surface area contributed by atoms with Gasteiger partial charge in [-0.05, 0) is 18.2 Å². The maximum absolute atomic E-state index is 10.6. The van der Waals surface area contributed by atoms with Crippen molar-refractivity contribution in [2.75, 3.05) is 27.9 Å². The molecule has 0 aliphatic rings.